The molecule has 0 radical (unpaired) electrons. The van der Waals surface area contributed by atoms with Gasteiger partial charge in [-0.15, -0.1) is 0 Å². The molecule has 1 atom stereocenters. The zero-order valence-corrected chi connectivity index (χ0v) is 14.2. The number of carbonyl (C=O) groups is 1. The van der Waals surface area contributed by atoms with Crippen LogP contribution in [0.15, 0.2) is 24.3 Å². The van der Waals surface area contributed by atoms with E-state index >= 15 is 0 Å². The third-order valence-electron chi connectivity index (χ3n) is 5.41. The highest BCUT2D eigenvalue weighted by Gasteiger charge is 2.32. The number of nitrogens with one attached hydrogen (secondary N) is 1. The molecular weight excluding hydrogens is 302 g/mol. The molecule has 2 aliphatic heterocycles. The largest absolute Gasteiger partial charge is 0.492 e. The summed E-state index contributed by atoms with van der Waals surface area (Å²) in [5.74, 6) is 1.57. The van der Waals surface area contributed by atoms with Gasteiger partial charge in [0.15, 0.2) is 0 Å². The van der Waals surface area contributed by atoms with Gasteiger partial charge in [-0.3, -0.25) is 9.69 Å². The van der Waals surface area contributed by atoms with E-state index in [2.05, 4.69) is 10.2 Å². The van der Waals surface area contributed by atoms with E-state index in [1.807, 2.05) is 29.2 Å². The number of likely N-dealkylation sites (tertiary alicyclic amines) is 1. The van der Waals surface area contributed by atoms with E-state index in [1.54, 1.807) is 0 Å². The van der Waals surface area contributed by atoms with E-state index in [1.165, 1.54) is 12.8 Å². The number of piperazine rings is 1. The molecule has 0 spiro atoms. The molecule has 3 fully saturated rings. The smallest absolute Gasteiger partial charge is 0.257 e. The summed E-state index contributed by atoms with van der Waals surface area (Å²) in [6.45, 7) is 6.74. The van der Waals surface area contributed by atoms with Crippen LogP contribution in [0, 0.1) is 5.92 Å². The Balaban J connectivity index is 1.40. The molecule has 0 aromatic heterocycles. The van der Waals surface area contributed by atoms with E-state index in [-0.39, 0.29) is 5.91 Å². The minimum atomic E-state index is 0.124. The first-order valence-electron chi connectivity index (χ1n) is 9.27. The van der Waals surface area contributed by atoms with Crippen molar-refractivity contribution in [3.63, 3.8) is 0 Å². The lowest BCUT2D eigenvalue weighted by Gasteiger charge is -2.32. The molecule has 5 nitrogen and oxygen atoms in total. The van der Waals surface area contributed by atoms with Gasteiger partial charge in [-0.1, -0.05) is 12.1 Å². The lowest BCUT2D eigenvalue weighted by molar-refractivity contribution is 0.0769. The summed E-state index contributed by atoms with van der Waals surface area (Å²) in [5.41, 5.74) is 0.721. The van der Waals surface area contributed by atoms with Crippen molar-refractivity contribution in [3.05, 3.63) is 29.8 Å². The third-order valence-corrected chi connectivity index (χ3v) is 5.41. The standard InChI is InChI=1S/C19H27N3O2/c23-19(17-3-1-2-4-18(17)24-14-15-5-6-15)22-10-7-16(13-22)21-11-8-20-9-12-21/h1-4,15-16,20H,5-14H2. The van der Waals surface area contributed by atoms with Gasteiger partial charge in [0, 0.05) is 45.3 Å². The van der Waals surface area contributed by atoms with Crippen molar-refractivity contribution in [2.24, 2.45) is 5.92 Å². The van der Waals surface area contributed by atoms with Gasteiger partial charge >= 0.3 is 0 Å². The van der Waals surface area contributed by atoms with E-state index in [9.17, 15) is 4.79 Å². The zero-order chi connectivity index (χ0) is 16.4. The van der Waals surface area contributed by atoms with Crippen LogP contribution in [0.3, 0.4) is 0 Å². The summed E-state index contributed by atoms with van der Waals surface area (Å²) in [6.07, 6.45) is 3.60. The van der Waals surface area contributed by atoms with Gasteiger partial charge in [0.25, 0.3) is 5.91 Å². The SMILES string of the molecule is O=C(c1ccccc1OCC1CC1)N1CCC(N2CCNCC2)C1. The Labute approximate surface area is 144 Å². The summed E-state index contributed by atoms with van der Waals surface area (Å²) in [4.78, 5) is 17.5. The molecule has 130 valence electrons. The van der Waals surface area contributed by atoms with E-state index in [4.69, 9.17) is 4.74 Å². The van der Waals surface area contributed by atoms with Crippen LogP contribution in [0.5, 0.6) is 5.75 Å². The van der Waals surface area contributed by atoms with Gasteiger partial charge < -0.3 is 15.0 Å². The first-order chi connectivity index (χ1) is 11.8. The fourth-order valence-corrected chi connectivity index (χ4v) is 3.70. The van der Waals surface area contributed by atoms with Crippen molar-refractivity contribution >= 4 is 5.91 Å². The number of nitrogens with zero attached hydrogens (tertiary/aromatic N) is 2. The van der Waals surface area contributed by atoms with Gasteiger partial charge in [0.05, 0.1) is 12.2 Å². The number of hydrogen-bond donors (Lipinski definition) is 1. The van der Waals surface area contributed by atoms with E-state index < -0.39 is 0 Å². The second-order valence-electron chi connectivity index (χ2n) is 7.23. The monoisotopic (exact) mass is 329 g/mol. The Kier molecular flexibility index (Phi) is 4.72. The number of hydrogen-bond acceptors (Lipinski definition) is 4. The predicted octanol–water partition coefficient (Wildman–Crippen LogP) is 1.60. The number of para-hydroxylation sites is 1. The Morgan fingerprint density at radius 2 is 1.92 bits per heavy atom. The number of ether oxygens (including phenoxy) is 1. The molecule has 5 heteroatoms. The fourth-order valence-electron chi connectivity index (χ4n) is 3.70. The van der Waals surface area contributed by atoms with Crippen LogP contribution in [0.25, 0.3) is 0 Å². The number of carbonyl (C=O) groups excluding carboxylic acids is 1. The number of rotatable bonds is 5. The average molecular weight is 329 g/mol. The fraction of sp³-hybridized carbons (Fsp3) is 0.632. The lowest BCUT2D eigenvalue weighted by Crippen LogP contribution is -2.49. The predicted molar refractivity (Wildman–Crippen MR) is 93.4 cm³/mol. The zero-order valence-electron chi connectivity index (χ0n) is 14.2. The summed E-state index contributed by atoms with van der Waals surface area (Å²) in [5, 5.41) is 3.39. The highest BCUT2D eigenvalue weighted by atomic mass is 16.5. The molecule has 4 rings (SSSR count). The molecule has 3 aliphatic rings. The molecular formula is C19H27N3O2. The molecule has 1 unspecified atom stereocenters. The summed E-state index contributed by atoms with van der Waals surface area (Å²) >= 11 is 0. The van der Waals surface area contributed by atoms with Crippen molar-refractivity contribution in [1.29, 1.82) is 0 Å². The van der Waals surface area contributed by atoms with Crippen LogP contribution in [-0.4, -0.2) is 67.6 Å². The van der Waals surface area contributed by atoms with Crippen molar-refractivity contribution in [2.75, 3.05) is 45.9 Å². The van der Waals surface area contributed by atoms with Crippen LogP contribution < -0.4 is 10.1 Å². The average Bonchev–Trinajstić information content (AvgIpc) is 3.34. The van der Waals surface area contributed by atoms with E-state index in [0.29, 0.717) is 12.0 Å². The first-order valence-corrected chi connectivity index (χ1v) is 9.27. The Morgan fingerprint density at radius 3 is 2.71 bits per heavy atom. The molecule has 1 aliphatic carbocycles. The molecule has 1 aromatic rings. The lowest BCUT2D eigenvalue weighted by atomic mass is 10.1. The summed E-state index contributed by atoms with van der Waals surface area (Å²) in [7, 11) is 0. The van der Waals surface area contributed by atoms with Gasteiger partial charge in [-0.05, 0) is 37.3 Å². The summed E-state index contributed by atoms with van der Waals surface area (Å²) in [6, 6.07) is 8.23. The third kappa shape index (κ3) is 3.57. The molecule has 24 heavy (non-hydrogen) atoms. The van der Waals surface area contributed by atoms with E-state index in [0.717, 1.165) is 63.6 Å². The van der Waals surface area contributed by atoms with Crippen LogP contribution in [0.4, 0.5) is 0 Å². The number of amides is 1. The maximum Gasteiger partial charge on any atom is 0.257 e. The van der Waals surface area contributed by atoms with Crippen LogP contribution >= 0.6 is 0 Å². The molecule has 1 N–H and O–H groups in total. The Hall–Kier alpha value is -1.59. The quantitative estimate of drug-likeness (QED) is 0.891. The van der Waals surface area contributed by atoms with Gasteiger partial charge in [0.1, 0.15) is 5.75 Å². The maximum atomic E-state index is 13.0. The normalized spacial score (nSPS) is 25.0. The molecule has 1 aromatic carbocycles. The Morgan fingerprint density at radius 1 is 1.12 bits per heavy atom. The van der Waals surface area contributed by atoms with Crippen molar-refractivity contribution in [3.8, 4) is 5.75 Å². The topological polar surface area (TPSA) is 44.8 Å². The first kappa shape index (κ1) is 15.9. The summed E-state index contributed by atoms with van der Waals surface area (Å²) < 4.78 is 5.92. The van der Waals surface area contributed by atoms with Crippen LogP contribution in [0.1, 0.15) is 29.6 Å². The second-order valence-corrected chi connectivity index (χ2v) is 7.23. The highest BCUT2D eigenvalue weighted by molar-refractivity contribution is 5.97. The molecule has 2 heterocycles. The second kappa shape index (κ2) is 7.11. The molecule has 2 saturated heterocycles. The molecule has 0 bridgehead atoms. The Bertz CT molecular complexity index is 582. The van der Waals surface area contributed by atoms with Crippen molar-refractivity contribution in [1.82, 2.24) is 15.1 Å². The van der Waals surface area contributed by atoms with Gasteiger partial charge in [-0.2, -0.15) is 0 Å². The van der Waals surface area contributed by atoms with Crippen LogP contribution in [0.2, 0.25) is 0 Å². The highest BCUT2D eigenvalue weighted by Crippen LogP contribution is 2.31. The van der Waals surface area contributed by atoms with Crippen molar-refractivity contribution < 1.29 is 9.53 Å². The molecule has 1 saturated carbocycles. The minimum absolute atomic E-state index is 0.124. The van der Waals surface area contributed by atoms with Gasteiger partial charge in [0.2, 0.25) is 0 Å². The molecule has 1 amide bonds. The van der Waals surface area contributed by atoms with Crippen molar-refractivity contribution in [2.45, 2.75) is 25.3 Å². The number of benzene rings is 1. The minimum Gasteiger partial charge on any atom is -0.492 e. The van der Waals surface area contributed by atoms with Crippen LogP contribution in [-0.2, 0) is 0 Å². The van der Waals surface area contributed by atoms with Gasteiger partial charge in [-0.25, -0.2) is 0 Å². The maximum absolute atomic E-state index is 13.0.